The lowest BCUT2D eigenvalue weighted by Gasteiger charge is -2.34. The minimum Gasteiger partial charge on any atom is -0.337 e. The third-order valence-electron chi connectivity index (χ3n) is 4.64. The highest BCUT2D eigenvalue weighted by Gasteiger charge is 2.31. The predicted octanol–water partition coefficient (Wildman–Crippen LogP) is 2.91. The van der Waals surface area contributed by atoms with Crippen LogP contribution in [0.4, 0.5) is 13.2 Å². The monoisotopic (exact) mass is 403 g/mol. The van der Waals surface area contributed by atoms with Crippen LogP contribution in [-0.2, 0) is 6.18 Å². The average Bonchev–Trinajstić information content (AvgIpc) is 3.10. The molecule has 2 aromatic rings. The zero-order chi connectivity index (χ0) is 18.9. The lowest BCUT2D eigenvalue weighted by molar-refractivity contribution is -0.137. The van der Waals surface area contributed by atoms with E-state index in [1.54, 1.807) is 4.90 Å². The van der Waals surface area contributed by atoms with Crippen LogP contribution in [0.15, 0.2) is 30.5 Å². The highest BCUT2D eigenvalue weighted by molar-refractivity contribution is 5.92. The van der Waals surface area contributed by atoms with Gasteiger partial charge in [-0.1, -0.05) is 11.3 Å². The average molecular weight is 404 g/mol. The number of nitrogens with two attached hydrogens (primary N) is 1. The van der Waals surface area contributed by atoms with Gasteiger partial charge >= 0.3 is 6.18 Å². The fourth-order valence-corrected chi connectivity index (χ4v) is 3.10. The smallest absolute Gasteiger partial charge is 0.337 e. The van der Waals surface area contributed by atoms with Crippen molar-refractivity contribution < 1.29 is 18.0 Å². The van der Waals surface area contributed by atoms with E-state index in [-0.39, 0.29) is 41.7 Å². The highest BCUT2D eigenvalue weighted by Crippen LogP contribution is 2.30. The molecule has 2 heterocycles. The van der Waals surface area contributed by atoms with Crippen molar-refractivity contribution in [3.63, 3.8) is 0 Å². The molecule has 10 heteroatoms. The van der Waals surface area contributed by atoms with Gasteiger partial charge in [0.2, 0.25) is 0 Å². The molecule has 27 heavy (non-hydrogen) atoms. The van der Waals surface area contributed by atoms with Gasteiger partial charge in [0.15, 0.2) is 5.69 Å². The van der Waals surface area contributed by atoms with E-state index in [9.17, 15) is 18.0 Å². The number of nitrogens with zero attached hydrogens (tertiary/aromatic N) is 4. The van der Waals surface area contributed by atoms with E-state index >= 15 is 0 Å². The van der Waals surface area contributed by atoms with Gasteiger partial charge in [0.05, 0.1) is 17.4 Å². The molecule has 0 bridgehead atoms. The molecule has 1 aromatic carbocycles. The number of alkyl halides is 3. The van der Waals surface area contributed by atoms with Crippen LogP contribution < -0.4 is 5.73 Å². The normalized spacial score (nSPS) is 18.7. The molecule has 2 unspecified atom stereocenters. The Kier molecular flexibility index (Phi) is 6.48. The number of carbonyl (C=O) groups excluding carboxylic acids is 1. The lowest BCUT2D eigenvalue weighted by atomic mass is 9.92. The molecular weight excluding hydrogens is 383 g/mol. The second-order valence-corrected chi connectivity index (χ2v) is 6.61. The van der Waals surface area contributed by atoms with Crippen LogP contribution in [0.2, 0.25) is 0 Å². The Bertz CT molecular complexity index is 793. The standard InChI is InChI=1S/C17H20F3N5O.ClH/c1-11(21)12-4-3-7-24(9-12)16(26)15-10-25(23-22-15)14-6-2-5-13(8-14)17(18,19)20;/h2,5-6,8,10-12H,3-4,7,9,21H2,1H3;1H. The van der Waals surface area contributed by atoms with Crippen molar-refractivity contribution in [2.75, 3.05) is 13.1 Å². The molecule has 0 saturated carbocycles. The molecule has 3 rings (SSSR count). The van der Waals surface area contributed by atoms with Gasteiger partial charge in [-0.2, -0.15) is 13.2 Å². The fraction of sp³-hybridized carbons (Fsp3) is 0.471. The number of rotatable bonds is 3. The zero-order valence-electron chi connectivity index (χ0n) is 14.7. The molecule has 148 valence electrons. The van der Waals surface area contributed by atoms with Crippen molar-refractivity contribution in [3.8, 4) is 5.69 Å². The Morgan fingerprint density at radius 3 is 2.78 bits per heavy atom. The number of piperidine rings is 1. The van der Waals surface area contributed by atoms with Crippen LogP contribution in [0, 0.1) is 5.92 Å². The minimum absolute atomic E-state index is 0. The van der Waals surface area contributed by atoms with Gasteiger partial charge < -0.3 is 10.6 Å². The Balaban J connectivity index is 0.00000261. The summed E-state index contributed by atoms with van der Waals surface area (Å²) >= 11 is 0. The molecule has 0 aliphatic carbocycles. The van der Waals surface area contributed by atoms with E-state index in [2.05, 4.69) is 10.3 Å². The van der Waals surface area contributed by atoms with Gasteiger partial charge in [0.25, 0.3) is 5.91 Å². The van der Waals surface area contributed by atoms with Gasteiger partial charge in [-0.25, -0.2) is 4.68 Å². The molecule has 2 N–H and O–H groups in total. The van der Waals surface area contributed by atoms with Crippen molar-refractivity contribution in [3.05, 3.63) is 41.7 Å². The number of benzene rings is 1. The van der Waals surface area contributed by atoms with Crippen molar-refractivity contribution in [1.29, 1.82) is 0 Å². The first-order chi connectivity index (χ1) is 12.3. The largest absolute Gasteiger partial charge is 0.416 e. The van der Waals surface area contributed by atoms with Crippen molar-refractivity contribution in [2.45, 2.75) is 32.0 Å². The van der Waals surface area contributed by atoms with E-state index < -0.39 is 11.7 Å². The lowest BCUT2D eigenvalue weighted by Crippen LogP contribution is -2.45. The van der Waals surface area contributed by atoms with Crippen molar-refractivity contribution in [1.82, 2.24) is 19.9 Å². The summed E-state index contributed by atoms with van der Waals surface area (Å²) in [5.41, 5.74) is 5.45. The third kappa shape index (κ3) is 4.78. The first-order valence-corrected chi connectivity index (χ1v) is 8.40. The zero-order valence-corrected chi connectivity index (χ0v) is 15.5. The van der Waals surface area contributed by atoms with E-state index in [0.717, 1.165) is 25.0 Å². The quantitative estimate of drug-likeness (QED) is 0.854. The second-order valence-electron chi connectivity index (χ2n) is 6.61. The Hall–Kier alpha value is -2.13. The first-order valence-electron chi connectivity index (χ1n) is 8.40. The Morgan fingerprint density at radius 2 is 2.11 bits per heavy atom. The maximum atomic E-state index is 12.8. The molecule has 2 atom stereocenters. The fourth-order valence-electron chi connectivity index (χ4n) is 3.10. The van der Waals surface area contributed by atoms with E-state index in [1.807, 2.05) is 6.92 Å². The number of amides is 1. The van der Waals surface area contributed by atoms with Crippen LogP contribution in [-0.4, -0.2) is 44.9 Å². The second kappa shape index (κ2) is 8.26. The number of hydrogen-bond acceptors (Lipinski definition) is 4. The van der Waals surface area contributed by atoms with Gasteiger partial charge in [-0.15, -0.1) is 17.5 Å². The number of halogens is 4. The Morgan fingerprint density at radius 1 is 1.37 bits per heavy atom. The number of hydrogen-bond donors (Lipinski definition) is 1. The molecule has 1 aromatic heterocycles. The summed E-state index contributed by atoms with van der Waals surface area (Å²) in [5, 5.41) is 7.65. The summed E-state index contributed by atoms with van der Waals surface area (Å²) in [5.74, 6) is -0.0558. The molecule has 1 saturated heterocycles. The highest BCUT2D eigenvalue weighted by atomic mass is 35.5. The summed E-state index contributed by atoms with van der Waals surface area (Å²) in [4.78, 5) is 14.3. The van der Waals surface area contributed by atoms with Crippen LogP contribution >= 0.6 is 12.4 Å². The number of carbonyl (C=O) groups is 1. The topological polar surface area (TPSA) is 77.0 Å². The molecule has 1 fully saturated rings. The van der Waals surface area contributed by atoms with Gasteiger partial charge in [-0.3, -0.25) is 4.79 Å². The van der Waals surface area contributed by atoms with E-state index in [0.29, 0.717) is 13.1 Å². The number of aromatic nitrogens is 3. The van der Waals surface area contributed by atoms with Gasteiger partial charge in [0.1, 0.15) is 0 Å². The molecular formula is C17H21ClF3N5O. The predicted molar refractivity (Wildman–Crippen MR) is 95.9 cm³/mol. The molecule has 6 nitrogen and oxygen atoms in total. The summed E-state index contributed by atoms with van der Waals surface area (Å²) in [6.07, 6.45) is -1.26. The van der Waals surface area contributed by atoms with E-state index in [4.69, 9.17) is 5.73 Å². The van der Waals surface area contributed by atoms with Gasteiger partial charge in [-0.05, 0) is 43.9 Å². The summed E-state index contributed by atoms with van der Waals surface area (Å²) in [6, 6.07) is 4.71. The molecule has 1 amide bonds. The van der Waals surface area contributed by atoms with Crippen LogP contribution in [0.5, 0.6) is 0 Å². The molecule has 0 radical (unpaired) electrons. The van der Waals surface area contributed by atoms with Crippen molar-refractivity contribution in [2.24, 2.45) is 11.7 Å². The first kappa shape index (κ1) is 21.2. The van der Waals surface area contributed by atoms with Gasteiger partial charge in [0, 0.05) is 19.1 Å². The van der Waals surface area contributed by atoms with E-state index in [1.165, 1.54) is 23.0 Å². The minimum atomic E-state index is -4.45. The van der Waals surface area contributed by atoms with Crippen LogP contribution in [0.3, 0.4) is 0 Å². The maximum Gasteiger partial charge on any atom is 0.416 e. The van der Waals surface area contributed by atoms with Crippen LogP contribution in [0.1, 0.15) is 35.8 Å². The molecule has 1 aliphatic heterocycles. The third-order valence-corrected chi connectivity index (χ3v) is 4.64. The molecule has 1 aliphatic rings. The summed E-state index contributed by atoms with van der Waals surface area (Å²) < 4.78 is 39.7. The van der Waals surface area contributed by atoms with Crippen molar-refractivity contribution >= 4 is 18.3 Å². The maximum absolute atomic E-state index is 12.8. The summed E-state index contributed by atoms with van der Waals surface area (Å²) in [7, 11) is 0. The molecule has 0 spiro atoms. The SMILES string of the molecule is CC(N)C1CCCN(C(=O)c2cn(-c3cccc(C(F)(F)F)c3)nn2)C1.Cl. The Labute approximate surface area is 160 Å². The summed E-state index contributed by atoms with van der Waals surface area (Å²) in [6.45, 7) is 3.08. The van der Waals surface area contributed by atoms with Crippen LogP contribution in [0.25, 0.3) is 5.69 Å². The number of likely N-dealkylation sites (tertiary alicyclic amines) is 1.